The smallest absolute Gasteiger partial charge is 0.321 e. The van der Waals surface area contributed by atoms with Gasteiger partial charge in [-0.25, -0.2) is 4.79 Å². The van der Waals surface area contributed by atoms with Gasteiger partial charge in [0.1, 0.15) is 11.8 Å². The number of imide groups is 1. The number of nitrogens with zero attached hydrogens (tertiary/aromatic N) is 1. The van der Waals surface area contributed by atoms with Crippen molar-refractivity contribution in [3.05, 3.63) is 65.7 Å². The molecule has 0 radical (unpaired) electrons. The summed E-state index contributed by atoms with van der Waals surface area (Å²) in [6.45, 7) is 0. The summed E-state index contributed by atoms with van der Waals surface area (Å²) in [5, 5.41) is 13.6. The molecule has 6 heteroatoms. The van der Waals surface area contributed by atoms with E-state index < -0.39 is 18.0 Å². The van der Waals surface area contributed by atoms with Crippen LogP contribution in [0.2, 0.25) is 0 Å². The van der Waals surface area contributed by atoms with Gasteiger partial charge in [-0.2, -0.15) is 5.26 Å². The molecule has 23 heavy (non-hydrogen) atoms. The molecule has 0 unspecified atom stereocenters. The number of carbonyl (C=O) groups excluding carboxylic acids is 2. The molecule has 6 nitrogen and oxygen atoms in total. The first-order valence-electron chi connectivity index (χ1n) is 6.89. The summed E-state index contributed by atoms with van der Waals surface area (Å²) >= 11 is 0. The molecule has 2 aromatic carbocycles. The van der Waals surface area contributed by atoms with Gasteiger partial charge in [-0.15, -0.1) is 0 Å². The van der Waals surface area contributed by atoms with Crippen molar-refractivity contribution in [3.63, 3.8) is 0 Å². The largest absolute Gasteiger partial charge is 0.474 e. The van der Waals surface area contributed by atoms with Crippen LogP contribution in [0.4, 0.5) is 4.79 Å². The third kappa shape index (κ3) is 4.08. The molecule has 0 fully saturated rings. The van der Waals surface area contributed by atoms with Crippen LogP contribution in [0.5, 0.6) is 5.75 Å². The molecule has 116 valence electrons. The molecule has 2 aromatic rings. The third-order valence-electron chi connectivity index (χ3n) is 3.06. The summed E-state index contributed by atoms with van der Waals surface area (Å²) in [5.74, 6) is -0.348. The van der Waals surface area contributed by atoms with Gasteiger partial charge in [0, 0.05) is 12.6 Å². The van der Waals surface area contributed by atoms with E-state index in [1.807, 2.05) is 6.07 Å². The first-order chi connectivity index (χ1) is 11.2. The Kier molecular flexibility index (Phi) is 5.31. The van der Waals surface area contributed by atoms with Gasteiger partial charge < -0.3 is 10.1 Å². The van der Waals surface area contributed by atoms with E-state index in [4.69, 9.17) is 10.00 Å². The molecule has 0 saturated heterocycles. The number of rotatable bonds is 4. The summed E-state index contributed by atoms with van der Waals surface area (Å²) in [4.78, 5) is 23.7. The lowest BCUT2D eigenvalue weighted by Gasteiger charge is -2.19. The van der Waals surface area contributed by atoms with Gasteiger partial charge in [-0.05, 0) is 12.1 Å². The predicted molar refractivity (Wildman–Crippen MR) is 83.6 cm³/mol. The van der Waals surface area contributed by atoms with Gasteiger partial charge in [0.2, 0.25) is 6.10 Å². The van der Waals surface area contributed by atoms with E-state index in [0.717, 1.165) is 0 Å². The number of nitrogens with one attached hydrogen (secondary N) is 2. The van der Waals surface area contributed by atoms with E-state index in [-0.39, 0.29) is 5.75 Å². The molecule has 3 amide bonds. The summed E-state index contributed by atoms with van der Waals surface area (Å²) in [5.41, 5.74) is 0.878. The van der Waals surface area contributed by atoms with E-state index >= 15 is 0 Å². The molecule has 0 saturated carbocycles. The second-order valence-electron chi connectivity index (χ2n) is 4.58. The number of ether oxygens (including phenoxy) is 1. The molecular formula is C17H15N3O3. The summed E-state index contributed by atoms with van der Waals surface area (Å²) in [6.07, 6.45) is -1.05. The number of carbonyl (C=O) groups is 2. The van der Waals surface area contributed by atoms with Crippen LogP contribution in [0.25, 0.3) is 0 Å². The number of urea groups is 1. The fourth-order valence-corrected chi connectivity index (χ4v) is 1.93. The highest BCUT2D eigenvalue weighted by molar-refractivity contribution is 5.97. The number of hydrogen-bond donors (Lipinski definition) is 2. The molecule has 0 bridgehead atoms. The highest BCUT2D eigenvalue weighted by Gasteiger charge is 2.25. The fraction of sp³-hybridized carbons (Fsp3) is 0.118. The zero-order chi connectivity index (χ0) is 16.7. The average Bonchev–Trinajstić information content (AvgIpc) is 2.60. The van der Waals surface area contributed by atoms with Crippen LogP contribution in [0.15, 0.2) is 54.6 Å². The molecular weight excluding hydrogens is 294 g/mol. The highest BCUT2D eigenvalue weighted by atomic mass is 16.5. The van der Waals surface area contributed by atoms with Crippen LogP contribution >= 0.6 is 0 Å². The number of amides is 3. The standard InChI is InChI=1S/C17H15N3O3/c1-19-17(22)20-16(21)15(12-7-3-2-4-8-12)23-14-10-6-5-9-13(14)11-18/h2-10,15H,1H3,(H2,19,20,21,22)/t15-/m1/s1. The van der Waals surface area contributed by atoms with Gasteiger partial charge in [-0.1, -0.05) is 42.5 Å². The van der Waals surface area contributed by atoms with Crippen molar-refractivity contribution in [1.82, 2.24) is 10.6 Å². The Hall–Kier alpha value is -3.33. The van der Waals surface area contributed by atoms with Crippen LogP contribution in [0, 0.1) is 11.3 Å². The first kappa shape index (κ1) is 16.0. The van der Waals surface area contributed by atoms with Gasteiger partial charge >= 0.3 is 6.03 Å². The Labute approximate surface area is 133 Å². The predicted octanol–water partition coefficient (Wildman–Crippen LogP) is 2.13. The van der Waals surface area contributed by atoms with Crippen molar-refractivity contribution in [2.45, 2.75) is 6.10 Å². The Morgan fingerprint density at radius 3 is 2.39 bits per heavy atom. The van der Waals surface area contributed by atoms with Crippen LogP contribution in [-0.2, 0) is 4.79 Å². The minimum atomic E-state index is -1.05. The van der Waals surface area contributed by atoms with Crippen molar-refractivity contribution in [2.24, 2.45) is 0 Å². The van der Waals surface area contributed by atoms with Crippen LogP contribution in [0.1, 0.15) is 17.2 Å². The average molecular weight is 309 g/mol. The van der Waals surface area contributed by atoms with Gasteiger partial charge in [0.15, 0.2) is 0 Å². The van der Waals surface area contributed by atoms with Crippen LogP contribution in [-0.4, -0.2) is 19.0 Å². The highest BCUT2D eigenvalue weighted by Crippen LogP contribution is 2.25. The SMILES string of the molecule is CNC(=O)NC(=O)[C@H](Oc1ccccc1C#N)c1ccccc1. The molecule has 0 aromatic heterocycles. The molecule has 1 atom stereocenters. The molecule has 0 aliphatic rings. The lowest BCUT2D eigenvalue weighted by molar-refractivity contribution is -0.127. The molecule has 0 aliphatic carbocycles. The number of nitriles is 1. The number of para-hydroxylation sites is 1. The second kappa shape index (κ2) is 7.61. The fourth-order valence-electron chi connectivity index (χ4n) is 1.93. The van der Waals surface area contributed by atoms with E-state index in [1.165, 1.54) is 7.05 Å². The quantitative estimate of drug-likeness (QED) is 0.905. The van der Waals surface area contributed by atoms with E-state index in [2.05, 4.69) is 10.6 Å². The van der Waals surface area contributed by atoms with Crippen molar-refractivity contribution >= 4 is 11.9 Å². The summed E-state index contributed by atoms with van der Waals surface area (Å²) in [7, 11) is 1.41. The topological polar surface area (TPSA) is 91.2 Å². The van der Waals surface area contributed by atoms with Crippen molar-refractivity contribution in [3.8, 4) is 11.8 Å². The van der Waals surface area contributed by atoms with Crippen molar-refractivity contribution < 1.29 is 14.3 Å². The van der Waals surface area contributed by atoms with Gasteiger partial charge in [0.05, 0.1) is 5.56 Å². The molecule has 0 heterocycles. The maximum Gasteiger partial charge on any atom is 0.321 e. The maximum atomic E-state index is 12.3. The Morgan fingerprint density at radius 2 is 1.74 bits per heavy atom. The van der Waals surface area contributed by atoms with E-state index in [1.54, 1.807) is 54.6 Å². The number of benzene rings is 2. The summed E-state index contributed by atoms with van der Waals surface area (Å²) < 4.78 is 5.72. The minimum Gasteiger partial charge on any atom is -0.474 e. The zero-order valence-corrected chi connectivity index (χ0v) is 12.4. The van der Waals surface area contributed by atoms with E-state index in [9.17, 15) is 9.59 Å². The summed E-state index contributed by atoms with van der Waals surface area (Å²) in [6, 6.07) is 16.7. The lowest BCUT2D eigenvalue weighted by atomic mass is 10.1. The molecule has 2 N–H and O–H groups in total. The van der Waals surface area contributed by atoms with Gasteiger partial charge in [-0.3, -0.25) is 10.1 Å². The van der Waals surface area contributed by atoms with E-state index in [0.29, 0.717) is 11.1 Å². The Balaban J connectivity index is 2.33. The first-order valence-corrected chi connectivity index (χ1v) is 6.89. The normalized spacial score (nSPS) is 11.0. The monoisotopic (exact) mass is 309 g/mol. The second-order valence-corrected chi connectivity index (χ2v) is 4.58. The lowest BCUT2D eigenvalue weighted by Crippen LogP contribution is -2.41. The minimum absolute atomic E-state index is 0.274. The molecule has 0 aliphatic heterocycles. The molecule has 0 spiro atoms. The van der Waals surface area contributed by atoms with Crippen molar-refractivity contribution in [2.75, 3.05) is 7.05 Å². The third-order valence-corrected chi connectivity index (χ3v) is 3.06. The zero-order valence-electron chi connectivity index (χ0n) is 12.4. The Bertz CT molecular complexity index is 738. The van der Waals surface area contributed by atoms with Crippen LogP contribution < -0.4 is 15.4 Å². The molecule has 2 rings (SSSR count). The van der Waals surface area contributed by atoms with Crippen LogP contribution in [0.3, 0.4) is 0 Å². The Morgan fingerprint density at radius 1 is 1.09 bits per heavy atom. The van der Waals surface area contributed by atoms with Gasteiger partial charge in [0.25, 0.3) is 5.91 Å². The number of hydrogen-bond acceptors (Lipinski definition) is 4. The van der Waals surface area contributed by atoms with Crippen molar-refractivity contribution in [1.29, 1.82) is 5.26 Å². The maximum absolute atomic E-state index is 12.3.